The first kappa shape index (κ1) is 16.8. The van der Waals surface area contributed by atoms with Gasteiger partial charge in [-0.3, -0.25) is 9.48 Å². The lowest BCUT2D eigenvalue weighted by Crippen LogP contribution is -2.38. The summed E-state index contributed by atoms with van der Waals surface area (Å²) in [7, 11) is 1.88. The SMILES string of the molecule is Cn1ncc(C(=O)N[C@H]2CCc3nc(N)sc3C2)c1Cc1ccccc1. The van der Waals surface area contributed by atoms with Crippen LogP contribution in [0.25, 0.3) is 0 Å². The lowest BCUT2D eigenvalue weighted by Gasteiger charge is -2.22. The van der Waals surface area contributed by atoms with Gasteiger partial charge in [-0.2, -0.15) is 5.10 Å². The number of benzene rings is 1. The number of hydrogen-bond acceptors (Lipinski definition) is 5. The van der Waals surface area contributed by atoms with Crippen molar-refractivity contribution in [1.29, 1.82) is 0 Å². The summed E-state index contributed by atoms with van der Waals surface area (Å²) >= 11 is 1.52. The van der Waals surface area contributed by atoms with Crippen molar-refractivity contribution >= 4 is 22.4 Å². The second-order valence-electron chi connectivity index (χ2n) is 6.63. The molecule has 1 amide bonds. The molecule has 0 spiro atoms. The van der Waals surface area contributed by atoms with Crippen molar-refractivity contribution in [2.24, 2.45) is 7.05 Å². The van der Waals surface area contributed by atoms with Crippen LogP contribution < -0.4 is 11.1 Å². The number of anilines is 1. The number of nitrogens with zero attached hydrogens (tertiary/aromatic N) is 3. The molecule has 2 aromatic heterocycles. The lowest BCUT2D eigenvalue weighted by atomic mass is 9.97. The molecule has 0 saturated heterocycles. The smallest absolute Gasteiger partial charge is 0.254 e. The third-order valence-corrected chi connectivity index (χ3v) is 5.76. The number of rotatable bonds is 4. The van der Waals surface area contributed by atoms with Gasteiger partial charge < -0.3 is 11.1 Å². The minimum atomic E-state index is -0.0602. The van der Waals surface area contributed by atoms with E-state index in [1.165, 1.54) is 16.2 Å². The molecular formula is C19H21N5OS. The number of nitrogens with two attached hydrogens (primary N) is 1. The van der Waals surface area contributed by atoms with Crippen LogP contribution in [-0.2, 0) is 26.3 Å². The lowest BCUT2D eigenvalue weighted by molar-refractivity contribution is 0.0933. The standard InChI is InChI=1S/C19H21N5OS/c1-24-16(9-12-5-3-2-4-6-12)14(11-21-24)18(25)22-13-7-8-15-17(10-13)26-19(20)23-15/h2-6,11,13H,7-10H2,1H3,(H2,20,23)(H,22,25)/t13-/m0/s1. The average Bonchev–Trinajstić information content (AvgIpc) is 3.17. The quantitative estimate of drug-likeness (QED) is 0.741. The third-order valence-electron chi connectivity index (χ3n) is 4.81. The summed E-state index contributed by atoms with van der Waals surface area (Å²) in [6, 6.07) is 10.2. The van der Waals surface area contributed by atoms with Gasteiger partial charge in [-0.25, -0.2) is 4.98 Å². The Morgan fingerprint density at radius 1 is 1.38 bits per heavy atom. The molecule has 7 heteroatoms. The van der Waals surface area contributed by atoms with Gasteiger partial charge >= 0.3 is 0 Å². The van der Waals surface area contributed by atoms with E-state index >= 15 is 0 Å². The molecule has 26 heavy (non-hydrogen) atoms. The van der Waals surface area contributed by atoms with Crippen molar-refractivity contribution in [1.82, 2.24) is 20.1 Å². The molecule has 1 aliphatic rings. The van der Waals surface area contributed by atoms with Crippen LogP contribution in [0, 0.1) is 0 Å². The van der Waals surface area contributed by atoms with Crippen molar-refractivity contribution in [3.8, 4) is 0 Å². The summed E-state index contributed by atoms with van der Waals surface area (Å²) in [4.78, 5) is 18.4. The number of thiazole rings is 1. The van der Waals surface area contributed by atoms with E-state index in [-0.39, 0.29) is 11.9 Å². The molecule has 4 rings (SSSR count). The van der Waals surface area contributed by atoms with E-state index in [4.69, 9.17) is 5.73 Å². The zero-order chi connectivity index (χ0) is 18.1. The van der Waals surface area contributed by atoms with Gasteiger partial charge in [0.15, 0.2) is 5.13 Å². The molecule has 1 aliphatic carbocycles. The molecule has 1 atom stereocenters. The predicted molar refractivity (Wildman–Crippen MR) is 102 cm³/mol. The Morgan fingerprint density at radius 3 is 3.00 bits per heavy atom. The van der Waals surface area contributed by atoms with Gasteiger partial charge in [0.05, 0.1) is 23.1 Å². The predicted octanol–water partition coefficient (Wildman–Crippen LogP) is 2.34. The van der Waals surface area contributed by atoms with Crippen molar-refractivity contribution < 1.29 is 4.79 Å². The number of carbonyl (C=O) groups excluding carboxylic acids is 1. The molecule has 0 radical (unpaired) electrons. The van der Waals surface area contributed by atoms with E-state index in [0.29, 0.717) is 17.1 Å². The van der Waals surface area contributed by atoms with Gasteiger partial charge in [0.25, 0.3) is 5.91 Å². The average molecular weight is 367 g/mol. The molecule has 2 heterocycles. The molecule has 6 nitrogen and oxygen atoms in total. The highest BCUT2D eigenvalue weighted by molar-refractivity contribution is 7.15. The van der Waals surface area contributed by atoms with E-state index in [1.807, 2.05) is 25.2 Å². The van der Waals surface area contributed by atoms with Crippen LogP contribution in [0.3, 0.4) is 0 Å². The van der Waals surface area contributed by atoms with Crippen LogP contribution in [0.1, 0.15) is 38.6 Å². The van der Waals surface area contributed by atoms with Gasteiger partial charge in [-0.15, -0.1) is 11.3 Å². The maximum absolute atomic E-state index is 12.9. The van der Waals surface area contributed by atoms with Crippen molar-refractivity contribution in [3.05, 3.63) is 63.9 Å². The molecule has 0 fully saturated rings. The van der Waals surface area contributed by atoms with Crippen molar-refractivity contribution in [2.45, 2.75) is 31.7 Å². The van der Waals surface area contributed by atoms with E-state index in [2.05, 4.69) is 27.5 Å². The summed E-state index contributed by atoms with van der Waals surface area (Å²) in [5.41, 5.74) is 9.62. The van der Waals surface area contributed by atoms with Gasteiger partial charge in [0.1, 0.15) is 0 Å². The number of fused-ring (bicyclic) bond motifs is 1. The fourth-order valence-electron chi connectivity index (χ4n) is 3.43. The maximum Gasteiger partial charge on any atom is 0.254 e. The van der Waals surface area contributed by atoms with Crippen LogP contribution in [0.4, 0.5) is 5.13 Å². The van der Waals surface area contributed by atoms with Crippen molar-refractivity contribution in [3.63, 3.8) is 0 Å². The molecule has 134 valence electrons. The molecule has 1 aromatic carbocycles. The Hall–Kier alpha value is -2.67. The number of aromatic nitrogens is 3. The number of nitrogens with one attached hydrogen (secondary N) is 1. The third kappa shape index (κ3) is 3.35. The second-order valence-corrected chi connectivity index (χ2v) is 7.74. The summed E-state index contributed by atoms with van der Waals surface area (Å²) in [5.74, 6) is -0.0602. The monoisotopic (exact) mass is 367 g/mol. The highest BCUT2D eigenvalue weighted by Crippen LogP contribution is 2.28. The normalized spacial score (nSPS) is 16.3. The zero-order valence-corrected chi connectivity index (χ0v) is 15.4. The number of carbonyl (C=O) groups is 1. The molecule has 3 N–H and O–H groups in total. The number of nitrogen functional groups attached to an aromatic ring is 1. The molecule has 0 aliphatic heterocycles. The van der Waals surface area contributed by atoms with Crippen LogP contribution in [0.15, 0.2) is 36.5 Å². The summed E-state index contributed by atoms with van der Waals surface area (Å²) in [6.07, 6.45) is 4.88. The Morgan fingerprint density at radius 2 is 2.19 bits per heavy atom. The first-order chi connectivity index (χ1) is 12.6. The topological polar surface area (TPSA) is 85.8 Å². The zero-order valence-electron chi connectivity index (χ0n) is 14.6. The highest BCUT2D eigenvalue weighted by atomic mass is 32.1. The number of aryl methyl sites for hydroxylation is 2. The van der Waals surface area contributed by atoms with Crippen LogP contribution in [-0.4, -0.2) is 26.7 Å². The first-order valence-corrected chi connectivity index (χ1v) is 9.51. The summed E-state index contributed by atoms with van der Waals surface area (Å²) < 4.78 is 1.78. The van der Waals surface area contributed by atoms with Crippen LogP contribution in [0.5, 0.6) is 0 Å². The number of hydrogen-bond donors (Lipinski definition) is 2. The molecule has 3 aromatic rings. The van der Waals surface area contributed by atoms with Gasteiger partial charge in [0.2, 0.25) is 0 Å². The fraction of sp³-hybridized carbons (Fsp3) is 0.316. The largest absolute Gasteiger partial charge is 0.375 e. The fourth-order valence-corrected chi connectivity index (χ4v) is 4.39. The minimum Gasteiger partial charge on any atom is -0.375 e. The number of amides is 1. The van der Waals surface area contributed by atoms with Gasteiger partial charge in [-0.05, 0) is 18.4 Å². The van der Waals surface area contributed by atoms with Crippen LogP contribution >= 0.6 is 11.3 Å². The Labute approximate surface area is 156 Å². The first-order valence-electron chi connectivity index (χ1n) is 8.70. The highest BCUT2D eigenvalue weighted by Gasteiger charge is 2.25. The molecule has 0 unspecified atom stereocenters. The maximum atomic E-state index is 12.9. The molecule has 0 saturated carbocycles. The molecular weight excluding hydrogens is 346 g/mol. The van der Waals surface area contributed by atoms with E-state index in [9.17, 15) is 4.79 Å². The second kappa shape index (κ2) is 6.92. The Bertz CT molecular complexity index is 931. The minimum absolute atomic E-state index is 0.0602. The molecule has 0 bridgehead atoms. The van der Waals surface area contributed by atoms with Gasteiger partial charge in [-0.1, -0.05) is 30.3 Å². The van der Waals surface area contributed by atoms with E-state index in [1.54, 1.807) is 10.9 Å². The van der Waals surface area contributed by atoms with Gasteiger partial charge in [0, 0.05) is 30.8 Å². The Balaban J connectivity index is 1.49. The van der Waals surface area contributed by atoms with Crippen molar-refractivity contribution in [2.75, 3.05) is 5.73 Å². The summed E-state index contributed by atoms with van der Waals surface area (Å²) in [5, 5.41) is 8.08. The Kier molecular flexibility index (Phi) is 4.46. The summed E-state index contributed by atoms with van der Waals surface area (Å²) in [6.45, 7) is 0. The van der Waals surface area contributed by atoms with E-state index in [0.717, 1.165) is 36.2 Å². The van der Waals surface area contributed by atoms with E-state index < -0.39 is 0 Å². The van der Waals surface area contributed by atoms with Crippen LogP contribution in [0.2, 0.25) is 0 Å².